The highest BCUT2D eigenvalue weighted by molar-refractivity contribution is 5.95. The van der Waals surface area contributed by atoms with Crippen LogP contribution in [0.3, 0.4) is 0 Å². The molecule has 0 spiro atoms. The number of nitrogens with two attached hydrogens (primary N) is 1. The first-order chi connectivity index (χ1) is 19.1. The molecule has 2 aromatic rings. The van der Waals surface area contributed by atoms with Gasteiger partial charge in [0.25, 0.3) is 5.91 Å². The maximum absolute atomic E-state index is 13.8. The van der Waals surface area contributed by atoms with Crippen LogP contribution in [0.25, 0.3) is 0 Å². The van der Waals surface area contributed by atoms with E-state index >= 15 is 0 Å². The van der Waals surface area contributed by atoms with Gasteiger partial charge in [-0.05, 0) is 87.4 Å². The van der Waals surface area contributed by atoms with Crippen LogP contribution in [-0.2, 0) is 0 Å². The number of carbonyl (C=O) groups is 1. The van der Waals surface area contributed by atoms with Crippen LogP contribution < -0.4 is 19.9 Å². The number of nitrogens with one attached hydrogen (secondary N) is 1. The molecule has 1 amide bonds. The van der Waals surface area contributed by atoms with E-state index in [-0.39, 0.29) is 24.1 Å². The van der Waals surface area contributed by atoms with Crippen LogP contribution >= 0.6 is 12.4 Å². The van der Waals surface area contributed by atoms with E-state index in [0.29, 0.717) is 47.9 Å². The van der Waals surface area contributed by atoms with Crippen molar-refractivity contribution in [2.45, 2.75) is 95.6 Å². The molecule has 0 saturated heterocycles. The molecule has 2 aliphatic carbocycles. The molecular formula is C32H46ClN3O4. The van der Waals surface area contributed by atoms with Crippen LogP contribution in [-0.4, -0.2) is 49.0 Å². The molecule has 7 nitrogen and oxygen atoms in total. The molecular weight excluding hydrogens is 526 g/mol. The molecule has 0 atom stereocenters. The van der Waals surface area contributed by atoms with Crippen LogP contribution in [0.2, 0.25) is 0 Å². The average molecular weight is 572 g/mol. The van der Waals surface area contributed by atoms with Gasteiger partial charge in [0.15, 0.2) is 11.5 Å². The third-order valence-corrected chi connectivity index (χ3v) is 8.06. The molecule has 0 aliphatic heterocycles. The summed E-state index contributed by atoms with van der Waals surface area (Å²) >= 11 is 0. The van der Waals surface area contributed by atoms with Gasteiger partial charge in [0.1, 0.15) is 11.6 Å². The Labute approximate surface area is 245 Å². The number of hydrogen-bond donors (Lipinski definition) is 2. The van der Waals surface area contributed by atoms with Crippen LogP contribution in [0.4, 0.5) is 0 Å². The quantitative estimate of drug-likeness (QED) is 0.151. The van der Waals surface area contributed by atoms with Gasteiger partial charge in [-0.2, -0.15) is 0 Å². The van der Waals surface area contributed by atoms with Gasteiger partial charge in [0, 0.05) is 23.2 Å². The topological polar surface area (TPSA) is 97.9 Å². The van der Waals surface area contributed by atoms with E-state index < -0.39 is 0 Å². The summed E-state index contributed by atoms with van der Waals surface area (Å²) < 4.78 is 17.4. The van der Waals surface area contributed by atoms with E-state index in [2.05, 4.69) is 4.90 Å². The summed E-state index contributed by atoms with van der Waals surface area (Å²) in [5, 5.41) is 7.45. The second-order valence-corrected chi connectivity index (χ2v) is 10.9. The van der Waals surface area contributed by atoms with Gasteiger partial charge < -0.3 is 24.8 Å². The zero-order chi connectivity index (χ0) is 27.5. The molecule has 220 valence electrons. The number of unbranched alkanes of at least 4 members (excludes halogenated alkanes) is 2. The van der Waals surface area contributed by atoms with Crippen molar-refractivity contribution in [3.63, 3.8) is 0 Å². The Kier molecular flexibility index (Phi) is 12.9. The Bertz CT molecular complexity index is 1050. The standard InChI is InChI=1S/C32H45N3O4.ClH/c1-37-30-23-25(32(36)35(26-11-5-2-6-12-26)27-13-7-3-8-14-27)17-20-29(30)39-22-10-4-9-21-38-28-18-15-24(16-19-28)31(33)34;/h15-20,23,26-27H,2-14,21-22H2,1H3,(H3,33,34);1H. The Balaban J connectivity index is 0.00000441. The first-order valence-corrected chi connectivity index (χ1v) is 14.8. The molecule has 0 aromatic heterocycles. The Morgan fingerprint density at radius 1 is 0.800 bits per heavy atom. The van der Waals surface area contributed by atoms with E-state index in [1.807, 2.05) is 30.3 Å². The lowest BCUT2D eigenvalue weighted by atomic mass is 9.88. The van der Waals surface area contributed by atoms with Crippen LogP contribution in [0, 0.1) is 5.41 Å². The average Bonchev–Trinajstić information content (AvgIpc) is 2.98. The number of amidine groups is 1. The fourth-order valence-electron chi connectivity index (χ4n) is 5.90. The molecule has 2 saturated carbocycles. The largest absolute Gasteiger partial charge is 0.494 e. The van der Waals surface area contributed by atoms with Crippen LogP contribution in [0.5, 0.6) is 17.2 Å². The fraction of sp³-hybridized carbons (Fsp3) is 0.562. The summed E-state index contributed by atoms with van der Waals surface area (Å²) in [6.45, 7) is 1.20. The minimum Gasteiger partial charge on any atom is -0.494 e. The number of halogens is 1. The van der Waals surface area contributed by atoms with Crippen molar-refractivity contribution in [2.75, 3.05) is 20.3 Å². The van der Waals surface area contributed by atoms with Gasteiger partial charge in [-0.15, -0.1) is 12.4 Å². The Morgan fingerprint density at radius 2 is 1.35 bits per heavy atom. The molecule has 0 unspecified atom stereocenters. The highest BCUT2D eigenvalue weighted by atomic mass is 35.5. The SMILES string of the molecule is COc1cc(C(=O)N(C2CCCCC2)C2CCCCC2)ccc1OCCCCCOc1ccc(C(=N)N)cc1.Cl. The van der Waals surface area contributed by atoms with E-state index in [4.69, 9.17) is 25.4 Å². The molecule has 40 heavy (non-hydrogen) atoms. The second kappa shape index (κ2) is 16.4. The minimum absolute atomic E-state index is 0. The van der Waals surface area contributed by atoms with Gasteiger partial charge in [-0.25, -0.2) is 0 Å². The van der Waals surface area contributed by atoms with Crippen molar-refractivity contribution in [1.82, 2.24) is 4.90 Å². The van der Waals surface area contributed by atoms with Crippen LogP contribution in [0.15, 0.2) is 42.5 Å². The lowest BCUT2D eigenvalue weighted by Crippen LogP contribution is -2.48. The summed E-state index contributed by atoms with van der Waals surface area (Å²) in [4.78, 5) is 16.1. The number of nitrogen functional groups attached to an aromatic ring is 1. The molecule has 3 N–H and O–H groups in total. The number of amides is 1. The van der Waals surface area contributed by atoms with Gasteiger partial charge >= 0.3 is 0 Å². The molecule has 2 fully saturated rings. The van der Waals surface area contributed by atoms with Crippen molar-refractivity contribution in [3.05, 3.63) is 53.6 Å². The number of methoxy groups -OCH3 is 1. The summed E-state index contributed by atoms with van der Waals surface area (Å²) in [6, 6.07) is 13.6. The number of nitrogens with zero attached hydrogens (tertiary/aromatic N) is 1. The fourth-order valence-corrected chi connectivity index (χ4v) is 5.90. The van der Waals surface area contributed by atoms with Gasteiger partial charge in [-0.3, -0.25) is 10.2 Å². The van der Waals surface area contributed by atoms with E-state index in [0.717, 1.165) is 50.7 Å². The normalized spacial score (nSPS) is 16.0. The minimum atomic E-state index is 0. The number of rotatable bonds is 13. The number of hydrogen-bond acceptors (Lipinski definition) is 5. The smallest absolute Gasteiger partial charge is 0.254 e. The van der Waals surface area contributed by atoms with E-state index in [1.54, 1.807) is 19.2 Å². The number of benzene rings is 2. The molecule has 8 heteroatoms. The molecule has 4 rings (SSSR count). The van der Waals surface area contributed by atoms with Crippen molar-refractivity contribution in [2.24, 2.45) is 5.73 Å². The Hall–Kier alpha value is -2.93. The zero-order valence-corrected chi connectivity index (χ0v) is 24.7. The number of carbonyl (C=O) groups excluding carboxylic acids is 1. The molecule has 0 bridgehead atoms. The highest BCUT2D eigenvalue weighted by Gasteiger charge is 2.33. The maximum atomic E-state index is 13.8. The summed E-state index contributed by atoms with van der Waals surface area (Å²) in [5.74, 6) is 2.28. The van der Waals surface area contributed by atoms with Gasteiger partial charge in [0.05, 0.1) is 20.3 Å². The molecule has 2 aliphatic rings. The number of ether oxygens (including phenoxy) is 3. The zero-order valence-electron chi connectivity index (χ0n) is 23.9. The highest BCUT2D eigenvalue weighted by Crippen LogP contribution is 2.34. The van der Waals surface area contributed by atoms with E-state index in [1.165, 1.54) is 38.5 Å². The van der Waals surface area contributed by atoms with Crippen molar-refractivity contribution < 1.29 is 19.0 Å². The van der Waals surface area contributed by atoms with Crippen molar-refractivity contribution >= 4 is 24.1 Å². The Morgan fingerprint density at radius 3 is 1.90 bits per heavy atom. The molecule has 0 heterocycles. The van der Waals surface area contributed by atoms with Gasteiger partial charge in [0.2, 0.25) is 0 Å². The first kappa shape index (κ1) is 31.6. The lowest BCUT2D eigenvalue weighted by molar-refractivity contribution is 0.0448. The molecule has 0 radical (unpaired) electrons. The second-order valence-electron chi connectivity index (χ2n) is 10.9. The summed E-state index contributed by atoms with van der Waals surface area (Å²) in [5.41, 5.74) is 6.88. The molecule has 2 aromatic carbocycles. The summed E-state index contributed by atoms with van der Waals surface area (Å²) in [6.07, 6.45) is 14.7. The van der Waals surface area contributed by atoms with Crippen molar-refractivity contribution in [3.8, 4) is 17.2 Å². The maximum Gasteiger partial charge on any atom is 0.254 e. The van der Waals surface area contributed by atoms with E-state index in [9.17, 15) is 4.79 Å². The monoisotopic (exact) mass is 571 g/mol. The summed E-state index contributed by atoms with van der Waals surface area (Å²) in [7, 11) is 1.64. The van der Waals surface area contributed by atoms with Crippen LogP contribution in [0.1, 0.15) is 99.4 Å². The third-order valence-electron chi connectivity index (χ3n) is 8.06. The predicted octanol–water partition coefficient (Wildman–Crippen LogP) is 7.14. The van der Waals surface area contributed by atoms with Crippen molar-refractivity contribution in [1.29, 1.82) is 5.41 Å². The lowest BCUT2D eigenvalue weighted by Gasteiger charge is -2.42. The van der Waals surface area contributed by atoms with Gasteiger partial charge in [-0.1, -0.05) is 38.5 Å². The first-order valence-electron chi connectivity index (χ1n) is 14.8. The predicted molar refractivity (Wildman–Crippen MR) is 162 cm³/mol. The third kappa shape index (κ3) is 8.79.